The van der Waals surface area contributed by atoms with E-state index in [2.05, 4.69) is 35.0 Å². The molecule has 4 heteroatoms. The lowest BCUT2D eigenvalue weighted by Gasteiger charge is -2.44. The van der Waals surface area contributed by atoms with Crippen molar-refractivity contribution in [3.8, 4) is 6.07 Å². The van der Waals surface area contributed by atoms with Crippen LogP contribution >= 0.6 is 0 Å². The van der Waals surface area contributed by atoms with Crippen molar-refractivity contribution in [2.24, 2.45) is 0 Å². The normalized spacial score (nSPS) is 33.0. The van der Waals surface area contributed by atoms with Crippen molar-refractivity contribution in [3.63, 3.8) is 0 Å². The number of likely N-dealkylation sites (N-methyl/N-ethyl adjacent to an activating group) is 1. The topological polar surface area (TPSA) is 42.3 Å². The first kappa shape index (κ1) is 15.8. The Kier molecular flexibility index (Phi) is 5.83. The van der Waals surface area contributed by atoms with E-state index in [1.165, 1.54) is 45.6 Å². The lowest BCUT2D eigenvalue weighted by molar-refractivity contribution is 0.0648. The first-order valence-corrected chi connectivity index (χ1v) is 8.35. The van der Waals surface area contributed by atoms with Gasteiger partial charge in [-0.05, 0) is 45.2 Å². The van der Waals surface area contributed by atoms with Crippen molar-refractivity contribution in [2.75, 3.05) is 39.3 Å². The van der Waals surface area contributed by atoms with Crippen LogP contribution in [0.25, 0.3) is 0 Å². The van der Waals surface area contributed by atoms with Crippen LogP contribution in [-0.2, 0) is 0 Å². The van der Waals surface area contributed by atoms with Crippen molar-refractivity contribution >= 4 is 0 Å². The van der Waals surface area contributed by atoms with Gasteiger partial charge < -0.3 is 4.90 Å². The highest BCUT2D eigenvalue weighted by Crippen LogP contribution is 2.31. The van der Waals surface area contributed by atoms with E-state index in [0.717, 1.165) is 25.8 Å². The van der Waals surface area contributed by atoms with Crippen LogP contribution in [0.3, 0.4) is 0 Å². The molecule has 0 aromatic rings. The molecule has 4 nitrogen and oxygen atoms in total. The fourth-order valence-electron chi connectivity index (χ4n) is 3.67. The van der Waals surface area contributed by atoms with Gasteiger partial charge in [0.25, 0.3) is 0 Å². The summed E-state index contributed by atoms with van der Waals surface area (Å²) in [5.74, 6) is 0. The lowest BCUT2D eigenvalue weighted by Crippen LogP contribution is -2.56. The molecule has 2 fully saturated rings. The molecule has 2 aliphatic rings. The van der Waals surface area contributed by atoms with Crippen molar-refractivity contribution < 1.29 is 0 Å². The standard InChI is InChI=1S/C16H30N4/c1-3-8-18-16(14-17)7-5-6-15(13-16)20-11-9-19(4-2)10-12-20/h15,18H,3-13H2,1-2H3. The van der Waals surface area contributed by atoms with Gasteiger partial charge in [0.2, 0.25) is 0 Å². The second-order valence-electron chi connectivity index (χ2n) is 6.34. The molecule has 20 heavy (non-hydrogen) atoms. The summed E-state index contributed by atoms with van der Waals surface area (Å²) in [5.41, 5.74) is -0.263. The molecule has 0 amide bonds. The first-order valence-electron chi connectivity index (χ1n) is 8.35. The monoisotopic (exact) mass is 278 g/mol. The van der Waals surface area contributed by atoms with Gasteiger partial charge in [0.15, 0.2) is 0 Å². The van der Waals surface area contributed by atoms with Crippen LogP contribution in [0.4, 0.5) is 0 Å². The molecule has 0 aromatic heterocycles. The SMILES string of the molecule is CCCNC1(C#N)CCCC(N2CCN(CC)CC2)C1. The van der Waals surface area contributed by atoms with E-state index in [1.807, 2.05) is 0 Å². The van der Waals surface area contributed by atoms with E-state index in [9.17, 15) is 5.26 Å². The summed E-state index contributed by atoms with van der Waals surface area (Å²) >= 11 is 0. The molecule has 0 aromatic carbocycles. The van der Waals surface area contributed by atoms with E-state index < -0.39 is 0 Å². The minimum Gasteiger partial charge on any atom is -0.301 e. The average Bonchev–Trinajstić information content (AvgIpc) is 2.53. The number of nitriles is 1. The summed E-state index contributed by atoms with van der Waals surface area (Å²) in [7, 11) is 0. The third-order valence-electron chi connectivity index (χ3n) is 5.02. The highest BCUT2D eigenvalue weighted by Gasteiger charge is 2.38. The largest absolute Gasteiger partial charge is 0.301 e. The summed E-state index contributed by atoms with van der Waals surface area (Å²) in [6.07, 6.45) is 5.58. The molecule has 1 heterocycles. The molecule has 1 aliphatic carbocycles. The maximum Gasteiger partial charge on any atom is 0.108 e. The molecule has 2 unspecified atom stereocenters. The van der Waals surface area contributed by atoms with E-state index in [-0.39, 0.29) is 5.54 Å². The van der Waals surface area contributed by atoms with Gasteiger partial charge in [-0.2, -0.15) is 5.26 Å². The summed E-state index contributed by atoms with van der Waals surface area (Å²) in [6, 6.07) is 3.20. The number of nitrogens with one attached hydrogen (secondary N) is 1. The average molecular weight is 278 g/mol. The molecule has 1 saturated heterocycles. The summed E-state index contributed by atoms with van der Waals surface area (Å²) in [4.78, 5) is 5.15. The Morgan fingerprint density at radius 2 is 2.00 bits per heavy atom. The second-order valence-corrected chi connectivity index (χ2v) is 6.34. The van der Waals surface area contributed by atoms with Gasteiger partial charge in [0.05, 0.1) is 6.07 Å². The first-order chi connectivity index (χ1) is 9.73. The van der Waals surface area contributed by atoms with Gasteiger partial charge in [0.1, 0.15) is 5.54 Å². The maximum atomic E-state index is 9.63. The predicted octanol–water partition coefficient (Wildman–Crippen LogP) is 1.83. The van der Waals surface area contributed by atoms with Crippen molar-refractivity contribution in [2.45, 2.75) is 57.5 Å². The molecule has 0 radical (unpaired) electrons. The minimum atomic E-state index is -0.263. The Bertz CT molecular complexity index is 330. The Hall–Kier alpha value is -0.630. The number of hydrogen-bond donors (Lipinski definition) is 1. The van der Waals surface area contributed by atoms with Crippen LogP contribution in [0.15, 0.2) is 0 Å². The van der Waals surface area contributed by atoms with Crippen LogP contribution in [0.5, 0.6) is 0 Å². The Labute approximate surface area is 124 Å². The molecule has 1 aliphatic heterocycles. The Morgan fingerprint density at radius 1 is 1.25 bits per heavy atom. The summed E-state index contributed by atoms with van der Waals surface area (Å²) in [6.45, 7) is 11.3. The van der Waals surface area contributed by atoms with E-state index in [0.29, 0.717) is 6.04 Å². The Morgan fingerprint density at radius 3 is 2.60 bits per heavy atom. The van der Waals surface area contributed by atoms with Gasteiger partial charge in [-0.25, -0.2) is 0 Å². The zero-order valence-electron chi connectivity index (χ0n) is 13.2. The number of nitrogens with zero attached hydrogens (tertiary/aromatic N) is 3. The van der Waals surface area contributed by atoms with Crippen molar-refractivity contribution in [3.05, 3.63) is 0 Å². The highest BCUT2D eigenvalue weighted by molar-refractivity contribution is 5.11. The molecule has 2 rings (SSSR count). The van der Waals surface area contributed by atoms with Gasteiger partial charge >= 0.3 is 0 Å². The molecule has 0 spiro atoms. The molecule has 0 bridgehead atoms. The lowest BCUT2D eigenvalue weighted by atomic mass is 9.79. The predicted molar refractivity (Wildman–Crippen MR) is 82.6 cm³/mol. The van der Waals surface area contributed by atoms with Gasteiger partial charge in [-0.1, -0.05) is 13.8 Å². The fraction of sp³-hybridized carbons (Fsp3) is 0.938. The van der Waals surface area contributed by atoms with Crippen LogP contribution < -0.4 is 5.32 Å². The van der Waals surface area contributed by atoms with Crippen LogP contribution in [-0.4, -0.2) is 60.6 Å². The molecule has 1 N–H and O–H groups in total. The summed E-state index contributed by atoms with van der Waals surface area (Å²) in [5, 5.41) is 13.2. The molecule has 114 valence electrons. The molecular weight excluding hydrogens is 248 g/mol. The highest BCUT2D eigenvalue weighted by atomic mass is 15.3. The number of piperazine rings is 1. The zero-order valence-corrected chi connectivity index (χ0v) is 13.2. The van der Waals surface area contributed by atoms with E-state index >= 15 is 0 Å². The van der Waals surface area contributed by atoms with E-state index in [4.69, 9.17) is 0 Å². The third-order valence-corrected chi connectivity index (χ3v) is 5.02. The van der Waals surface area contributed by atoms with Gasteiger partial charge in [-0.15, -0.1) is 0 Å². The van der Waals surface area contributed by atoms with Crippen LogP contribution in [0.1, 0.15) is 46.0 Å². The Balaban J connectivity index is 1.91. The third kappa shape index (κ3) is 3.72. The quantitative estimate of drug-likeness (QED) is 0.833. The second kappa shape index (κ2) is 7.40. The maximum absolute atomic E-state index is 9.63. The van der Waals surface area contributed by atoms with Crippen molar-refractivity contribution in [1.29, 1.82) is 5.26 Å². The fourth-order valence-corrected chi connectivity index (χ4v) is 3.67. The van der Waals surface area contributed by atoms with E-state index in [1.54, 1.807) is 0 Å². The van der Waals surface area contributed by atoms with Gasteiger partial charge in [0, 0.05) is 32.2 Å². The smallest absolute Gasteiger partial charge is 0.108 e. The summed E-state index contributed by atoms with van der Waals surface area (Å²) < 4.78 is 0. The molecule has 1 saturated carbocycles. The van der Waals surface area contributed by atoms with Gasteiger partial charge in [-0.3, -0.25) is 10.2 Å². The van der Waals surface area contributed by atoms with Crippen LogP contribution in [0, 0.1) is 11.3 Å². The van der Waals surface area contributed by atoms with Crippen LogP contribution in [0.2, 0.25) is 0 Å². The molecular formula is C16H30N4. The number of rotatable bonds is 5. The zero-order chi connectivity index (χ0) is 14.4. The molecule has 2 atom stereocenters. The number of hydrogen-bond acceptors (Lipinski definition) is 4. The van der Waals surface area contributed by atoms with Crippen molar-refractivity contribution in [1.82, 2.24) is 15.1 Å². The minimum absolute atomic E-state index is 0.263.